The minimum absolute atomic E-state index is 0.0962. The van der Waals surface area contributed by atoms with Gasteiger partial charge in [-0.05, 0) is 49.1 Å². The van der Waals surface area contributed by atoms with Crippen molar-refractivity contribution in [3.63, 3.8) is 0 Å². The highest BCUT2D eigenvalue weighted by Crippen LogP contribution is 2.36. The van der Waals surface area contributed by atoms with E-state index >= 15 is 0 Å². The van der Waals surface area contributed by atoms with Crippen LogP contribution in [0.3, 0.4) is 0 Å². The molecule has 1 fully saturated rings. The molecule has 2 rings (SSSR count). The topological polar surface area (TPSA) is 67.5 Å². The van der Waals surface area contributed by atoms with Gasteiger partial charge in [0.05, 0.1) is 10.6 Å². The van der Waals surface area contributed by atoms with Crippen LogP contribution in [-0.2, 0) is 0 Å². The maximum Gasteiger partial charge on any atom is 0.269 e. The lowest BCUT2D eigenvalue weighted by molar-refractivity contribution is -0.384. The molecule has 0 atom stereocenters. The van der Waals surface area contributed by atoms with Crippen LogP contribution in [0.25, 0.3) is 0 Å². The predicted molar refractivity (Wildman–Crippen MR) is 85.6 cm³/mol. The normalized spacial score (nSPS) is 19.2. The summed E-state index contributed by atoms with van der Waals surface area (Å²) in [5.41, 5.74) is 5.44. The summed E-state index contributed by atoms with van der Waals surface area (Å²) in [6, 6.07) is 6.34. The molecule has 1 aliphatic rings. The Morgan fingerprint density at radius 1 is 1.19 bits per heavy atom. The van der Waals surface area contributed by atoms with Crippen molar-refractivity contribution in [3.8, 4) is 0 Å². The van der Waals surface area contributed by atoms with E-state index in [1.807, 2.05) is 0 Å². The van der Waals surface area contributed by atoms with E-state index in [0.29, 0.717) is 5.41 Å². The van der Waals surface area contributed by atoms with Gasteiger partial charge in [-0.2, -0.15) is 5.10 Å². The Hall–Kier alpha value is -1.91. The molecule has 114 valence electrons. The Balaban J connectivity index is 1.89. The molecule has 5 nitrogen and oxygen atoms in total. The van der Waals surface area contributed by atoms with E-state index in [2.05, 4.69) is 31.3 Å². The quantitative estimate of drug-likeness (QED) is 0.653. The first kappa shape index (κ1) is 15.5. The lowest BCUT2D eigenvalue weighted by Gasteiger charge is -2.34. The molecule has 0 aromatic heterocycles. The van der Waals surface area contributed by atoms with Crippen LogP contribution in [0.5, 0.6) is 0 Å². The van der Waals surface area contributed by atoms with Crippen LogP contribution < -0.4 is 5.43 Å². The van der Waals surface area contributed by atoms with Gasteiger partial charge < -0.3 is 0 Å². The number of benzene rings is 1. The molecule has 0 spiro atoms. The zero-order valence-corrected chi connectivity index (χ0v) is 12.9. The average molecular weight is 289 g/mol. The van der Waals surface area contributed by atoms with E-state index in [1.54, 1.807) is 12.1 Å². The second-order valence-electron chi connectivity index (χ2n) is 6.73. The van der Waals surface area contributed by atoms with Crippen LogP contribution in [0.4, 0.5) is 11.4 Å². The average Bonchev–Trinajstić information content (AvgIpc) is 2.45. The van der Waals surface area contributed by atoms with Crippen molar-refractivity contribution >= 4 is 17.1 Å². The first-order valence-electron chi connectivity index (χ1n) is 7.42. The number of nitrogens with one attached hydrogen (secondary N) is 1. The van der Waals surface area contributed by atoms with Gasteiger partial charge in [0.15, 0.2) is 0 Å². The SMILES string of the molecule is CC(C)(C)C1CCC(=NNc2ccc([N+](=O)[O-])cc2)CC1. The summed E-state index contributed by atoms with van der Waals surface area (Å²) in [5, 5.41) is 15.0. The molecule has 0 unspecified atom stereocenters. The number of non-ortho nitro benzene ring substituents is 1. The number of nitrogens with zero attached hydrogens (tertiary/aromatic N) is 2. The van der Waals surface area contributed by atoms with Gasteiger partial charge in [-0.25, -0.2) is 0 Å². The van der Waals surface area contributed by atoms with Crippen LogP contribution in [0.15, 0.2) is 29.4 Å². The van der Waals surface area contributed by atoms with E-state index in [0.717, 1.165) is 24.4 Å². The second-order valence-corrected chi connectivity index (χ2v) is 6.73. The molecule has 1 saturated carbocycles. The van der Waals surface area contributed by atoms with Gasteiger partial charge in [0, 0.05) is 17.8 Å². The molecule has 1 aliphatic carbocycles. The van der Waals surface area contributed by atoms with E-state index in [4.69, 9.17) is 0 Å². The van der Waals surface area contributed by atoms with E-state index in [9.17, 15) is 10.1 Å². The highest BCUT2D eigenvalue weighted by atomic mass is 16.6. The predicted octanol–water partition coefficient (Wildman–Crippen LogP) is 4.60. The van der Waals surface area contributed by atoms with Gasteiger partial charge in [0.2, 0.25) is 0 Å². The fourth-order valence-corrected chi connectivity index (χ4v) is 2.73. The number of hydrogen-bond acceptors (Lipinski definition) is 4. The Bertz CT molecular complexity index is 519. The molecule has 0 radical (unpaired) electrons. The minimum Gasteiger partial charge on any atom is -0.279 e. The first-order chi connectivity index (χ1) is 9.86. The van der Waals surface area contributed by atoms with Crippen molar-refractivity contribution in [2.45, 2.75) is 46.5 Å². The van der Waals surface area contributed by atoms with Gasteiger partial charge in [0.25, 0.3) is 5.69 Å². The van der Waals surface area contributed by atoms with E-state index < -0.39 is 4.92 Å². The summed E-state index contributed by atoms with van der Waals surface area (Å²) in [7, 11) is 0. The Morgan fingerprint density at radius 2 is 1.76 bits per heavy atom. The fraction of sp³-hybridized carbons (Fsp3) is 0.562. The minimum atomic E-state index is -0.399. The molecule has 0 heterocycles. The van der Waals surface area contributed by atoms with Gasteiger partial charge in [-0.1, -0.05) is 20.8 Å². The molecule has 1 N–H and O–H groups in total. The van der Waals surface area contributed by atoms with Crippen molar-refractivity contribution < 1.29 is 4.92 Å². The number of nitro groups is 1. The Labute approximate surface area is 125 Å². The molecule has 21 heavy (non-hydrogen) atoms. The number of rotatable bonds is 3. The standard InChI is InChI=1S/C16H23N3O2/c1-16(2,3)12-4-6-13(7-5-12)17-18-14-8-10-15(11-9-14)19(20)21/h8-12,18H,4-7H2,1-3H3. The number of nitro benzene ring substituents is 1. The molecule has 1 aromatic carbocycles. The maximum absolute atomic E-state index is 10.6. The second kappa shape index (κ2) is 6.24. The lowest BCUT2D eigenvalue weighted by atomic mass is 9.72. The zero-order chi connectivity index (χ0) is 15.5. The maximum atomic E-state index is 10.6. The van der Waals surface area contributed by atoms with Gasteiger partial charge in [-0.15, -0.1) is 0 Å². The third-order valence-electron chi connectivity index (χ3n) is 4.21. The molecular formula is C16H23N3O2. The fourth-order valence-electron chi connectivity index (χ4n) is 2.73. The summed E-state index contributed by atoms with van der Waals surface area (Å²) < 4.78 is 0. The van der Waals surface area contributed by atoms with Gasteiger partial charge >= 0.3 is 0 Å². The van der Waals surface area contributed by atoms with Crippen LogP contribution in [0.1, 0.15) is 46.5 Å². The molecule has 0 saturated heterocycles. The zero-order valence-electron chi connectivity index (χ0n) is 12.9. The van der Waals surface area contributed by atoms with E-state index in [-0.39, 0.29) is 5.69 Å². The van der Waals surface area contributed by atoms with Crippen LogP contribution >= 0.6 is 0 Å². The molecule has 1 aromatic rings. The van der Waals surface area contributed by atoms with Crippen molar-refractivity contribution in [2.24, 2.45) is 16.4 Å². The van der Waals surface area contributed by atoms with Crippen LogP contribution in [-0.4, -0.2) is 10.6 Å². The van der Waals surface area contributed by atoms with Crippen molar-refractivity contribution in [1.82, 2.24) is 0 Å². The number of anilines is 1. The van der Waals surface area contributed by atoms with Gasteiger partial charge in [-0.3, -0.25) is 15.5 Å². The smallest absolute Gasteiger partial charge is 0.269 e. The number of hydrazone groups is 1. The molecule has 5 heteroatoms. The Kier molecular flexibility index (Phi) is 4.60. The molecule has 0 aliphatic heterocycles. The Morgan fingerprint density at radius 3 is 2.24 bits per heavy atom. The van der Waals surface area contributed by atoms with Gasteiger partial charge in [0.1, 0.15) is 0 Å². The monoisotopic (exact) mass is 289 g/mol. The molecule has 0 bridgehead atoms. The highest BCUT2D eigenvalue weighted by Gasteiger charge is 2.27. The van der Waals surface area contributed by atoms with Crippen LogP contribution in [0, 0.1) is 21.4 Å². The van der Waals surface area contributed by atoms with Crippen LogP contribution in [0.2, 0.25) is 0 Å². The lowest BCUT2D eigenvalue weighted by Crippen LogP contribution is -2.26. The third kappa shape index (κ3) is 4.28. The molecule has 0 amide bonds. The molecular weight excluding hydrogens is 266 g/mol. The van der Waals surface area contributed by atoms with Crippen molar-refractivity contribution in [2.75, 3.05) is 5.43 Å². The van der Waals surface area contributed by atoms with E-state index in [1.165, 1.54) is 30.7 Å². The van der Waals surface area contributed by atoms with Crippen molar-refractivity contribution in [3.05, 3.63) is 34.4 Å². The third-order valence-corrected chi connectivity index (χ3v) is 4.21. The summed E-state index contributed by atoms with van der Waals surface area (Å²) in [4.78, 5) is 10.2. The summed E-state index contributed by atoms with van der Waals surface area (Å²) in [6.45, 7) is 6.90. The number of hydrogen-bond donors (Lipinski definition) is 1. The highest BCUT2D eigenvalue weighted by molar-refractivity contribution is 5.85. The van der Waals surface area contributed by atoms with Crippen molar-refractivity contribution in [1.29, 1.82) is 0 Å². The summed E-state index contributed by atoms with van der Waals surface area (Å²) in [6.07, 6.45) is 4.43. The largest absolute Gasteiger partial charge is 0.279 e. The first-order valence-corrected chi connectivity index (χ1v) is 7.42. The summed E-state index contributed by atoms with van der Waals surface area (Å²) in [5.74, 6) is 0.760. The summed E-state index contributed by atoms with van der Waals surface area (Å²) >= 11 is 0.